The summed E-state index contributed by atoms with van der Waals surface area (Å²) < 4.78 is 0. The van der Waals surface area contributed by atoms with E-state index in [0.29, 0.717) is 0 Å². The molecular formula is C12H19ClN2S. The fourth-order valence-corrected chi connectivity index (χ4v) is 1.86. The summed E-state index contributed by atoms with van der Waals surface area (Å²) in [5.74, 6) is 2.17. The van der Waals surface area contributed by atoms with E-state index in [2.05, 4.69) is 22.9 Å². The van der Waals surface area contributed by atoms with Gasteiger partial charge in [0.25, 0.3) is 0 Å². The first kappa shape index (κ1) is 15.5. The Labute approximate surface area is 108 Å². The molecule has 0 atom stereocenters. The molecule has 0 aromatic carbocycles. The third-order valence-electron chi connectivity index (χ3n) is 2.09. The minimum absolute atomic E-state index is 0. The van der Waals surface area contributed by atoms with E-state index < -0.39 is 0 Å². The highest BCUT2D eigenvalue weighted by molar-refractivity contribution is 7.99. The molecule has 0 bridgehead atoms. The van der Waals surface area contributed by atoms with Crippen LogP contribution in [0.1, 0.15) is 11.3 Å². The van der Waals surface area contributed by atoms with Crippen molar-refractivity contribution in [3.8, 4) is 0 Å². The molecule has 0 spiro atoms. The lowest BCUT2D eigenvalue weighted by molar-refractivity contribution is 0.725. The molecule has 0 aliphatic carbocycles. The lowest BCUT2D eigenvalue weighted by Gasteiger charge is -2.06. The molecule has 0 unspecified atom stereocenters. The van der Waals surface area contributed by atoms with Crippen LogP contribution >= 0.6 is 24.2 Å². The quantitative estimate of drug-likeness (QED) is 0.601. The van der Waals surface area contributed by atoms with Crippen molar-refractivity contribution in [1.82, 2.24) is 10.3 Å². The van der Waals surface area contributed by atoms with Crippen molar-refractivity contribution >= 4 is 24.2 Å². The molecule has 0 amide bonds. The number of aromatic nitrogens is 1. The Balaban J connectivity index is 0.00000225. The number of aryl methyl sites for hydroxylation is 1. The van der Waals surface area contributed by atoms with Gasteiger partial charge in [0, 0.05) is 36.5 Å². The van der Waals surface area contributed by atoms with Crippen LogP contribution in [0.4, 0.5) is 0 Å². The Morgan fingerprint density at radius 1 is 1.56 bits per heavy atom. The molecule has 16 heavy (non-hydrogen) atoms. The summed E-state index contributed by atoms with van der Waals surface area (Å²) in [4.78, 5) is 4.25. The average molecular weight is 259 g/mol. The lowest BCUT2D eigenvalue weighted by Crippen LogP contribution is -2.17. The van der Waals surface area contributed by atoms with Crippen molar-refractivity contribution in [3.63, 3.8) is 0 Å². The van der Waals surface area contributed by atoms with Crippen LogP contribution in [0.25, 0.3) is 0 Å². The summed E-state index contributed by atoms with van der Waals surface area (Å²) >= 11 is 1.90. The Hall–Kier alpha value is -0.510. The van der Waals surface area contributed by atoms with Crippen molar-refractivity contribution in [2.45, 2.75) is 13.5 Å². The molecule has 1 aromatic heterocycles. The fourth-order valence-electron chi connectivity index (χ4n) is 1.24. The first-order valence-electron chi connectivity index (χ1n) is 5.14. The van der Waals surface area contributed by atoms with E-state index in [1.165, 1.54) is 5.56 Å². The molecule has 0 saturated heterocycles. The monoisotopic (exact) mass is 258 g/mol. The van der Waals surface area contributed by atoms with Gasteiger partial charge < -0.3 is 5.32 Å². The summed E-state index contributed by atoms with van der Waals surface area (Å²) in [7, 11) is 0. The van der Waals surface area contributed by atoms with Crippen molar-refractivity contribution < 1.29 is 0 Å². The summed E-state index contributed by atoms with van der Waals surface area (Å²) in [5.41, 5.74) is 2.40. The molecular weight excluding hydrogens is 240 g/mol. The largest absolute Gasteiger partial charge is 0.312 e. The number of nitrogens with one attached hydrogen (secondary N) is 1. The summed E-state index contributed by atoms with van der Waals surface area (Å²) in [6.45, 7) is 7.68. The molecule has 4 heteroatoms. The highest BCUT2D eigenvalue weighted by atomic mass is 35.5. The number of pyridine rings is 1. The zero-order valence-corrected chi connectivity index (χ0v) is 11.2. The number of hydrogen-bond acceptors (Lipinski definition) is 3. The van der Waals surface area contributed by atoms with Crippen molar-refractivity contribution in [2.75, 3.05) is 18.1 Å². The van der Waals surface area contributed by atoms with Gasteiger partial charge in [0.15, 0.2) is 0 Å². The highest BCUT2D eigenvalue weighted by Crippen LogP contribution is 2.03. The van der Waals surface area contributed by atoms with Crippen molar-refractivity contribution in [3.05, 3.63) is 42.2 Å². The zero-order valence-electron chi connectivity index (χ0n) is 9.61. The molecule has 1 N–H and O–H groups in total. The third kappa shape index (κ3) is 6.16. The minimum atomic E-state index is 0. The van der Waals surface area contributed by atoms with Crippen LogP contribution in [0, 0.1) is 6.92 Å². The third-order valence-corrected chi connectivity index (χ3v) is 3.05. The maximum atomic E-state index is 4.25. The van der Waals surface area contributed by atoms with Crippen molar-refractivity contribution in [1.29, 1.82) is 0 Å². The Morgan fingerprint density at radius 2 is 2.38 bits per heavy atom. The van der Waals surface area contributed by atoms with Crippen LogP contribution in [0.5, 0.6) is 0 Å². The number of hydrogen-bond donors (Lipinski definition) is 1. The van der Waals surface area contributed by atoms with E-state index in [0.717, 1.165) is 30.3 Å². The number of nitrogens with zero attached hydrogens (tertiary/aromatic N) is 1. The van der Waals surface area contributed by atoms with Crippen molar-refractivity contribution in [2.24, 2.45) is 0 Å². The minimum Gasteiger partial charge on any atom is -0.312 e. The van der Waals surface area contributed by atoms with E-state index in [1.807, 2.05) is 37.0 Å². The van der Waals surface area contributed by atoms with E-state index in [-0.39, 0.29) is 12.4 Å². The van der Waals surface area contributed by atoms with Crippen LogP contribution in [0.15, 0.2) is 31.0 Å². The predicted molar refractivity (Wildman–Crippen MR) is 75.5 cm³/mol. The SMILES string of the molecule is C=CCSCCNCc1cccnc1C.Cl. The second-order valence-electron chi connectivity index (χ2n) is 3.29. The second-order valence-corrected chi connectivity index (χ2v) is 4.44. The van der Waals surface area contributed by atoms with E-state index in [1.54, 1.807) is 0 Å². The Bertz CT molecular complexity index is 305. The van der Waals surface area contributed by atoms with Gasteiger partial charge >= 0.3 is 0 Å². The van der Waals surface area contributed by atoms with Crippen LogP contribution < -0.4 is 5.32 Å². The summed E-state index contributed by atoms with van der Waals surface area (Å²) in [5, 5.41) is 3.41. The molecule has 90 valence electrons. The molecule has 1 rings (SSSR count). The summed E-state index contributed by atoms with van der Waals surface area (Å²) in [6.07, 6.45) is 3.77. The topological polar surface area (TPSA) is 24.9 Å². The van der Waals surface area contributed by atoms with Gasteiger partial charge in [-0.1, -0.05) is 12.1 Å². The highest BCUT2D eigenvalue weighted by Gasteiger charge is 1.96. The first-order chi connectivity index (χ1) is 7.34. The van der Waals surface area contributed by atoms with Gasteiger partial charge in [-0.3, -0.25) is 4.98 Å². The summed E-state index contributed by atoms with van der Waals surface area (Å²) in [6, 6.07) is 4.10. The van der Waals surface area contributed by atoms with Crippen LogP contribution in [-0.2, 0) is 6.54 Å². The molecule has 0 saturated carbocycles. The standard InChI is InChI=1S/C12H18N2S.ClH/c1-3-8-15-9-7-13-10-12-5-4-6-14-11(12)2;/h3-6,13H,1,7-10H2,2H3;1H. The lowest BCUT2D eigenvalue weighted by atomic mass is 10.2. The normalized spacial score (nSPS) is 9.56. The smallest absolute Gasteiger partial charge is 0.0417 e. The molecule has 0 aliphatic rings. The zero-order chi connectivity index (χ0) is 10.9. The van der Waals surface area contributed by atoms with Gasteiger partial charge in [0.1, 0.15) is 0 Å². The Kier molecular flexibility index (Phi) is 9.39. The fraction of sp³-hybridized carbons (Fsp3) is 0.417. The molecule has 2 nitrogen and oxygen atoms in total. The van der Waals surface area contributed by atoms with Crippen LogP contribution in [-0.4, -0.2) is 23.0 Å². The molecule has 0 fully saturated rings. The van der Waals surface area contributed by atoms with E-state index >= 15 is 0 Å². The van der Waals surface area contributed by atoms with Gasteiger partial charge in [-0.25, -0.2) is 0 Å². The first-order valence-corrected chi connectivity index (χ1v) is 6.30. The van der Waals surface area contributed by atoms with E-state index in [9.17, 15) is 0 Å². The van der Waals surface area contributed by atoms with Gasteiger partial charge in [-0.2, -0.15) is 11.8 Å². The van der Waals surface area contributed by atoms with Gasteiger partial charge in [-0.15, -0.1) is 19.0 Å². The van der Waals surface area contributed by atoms with Crippen LogP contribution in [0.2, 0.25) is 0 Å². The molecule has 1 aromatic rings. The second kappa shape index (κ2) is 9.70. The maximum absolute atomic E-state index is 4.25. The van der Waals surface area contributed by atoms with Crippen LogP contribution in [0.3, 0.4) is 0 Å². The molecule has 0 aliphatic heterocycles. The number of thioether (sulfide) groups is 1. The van der Waals surface area contributed by atoms with Gasteiger partial charge in [0.05, 0.1) is 0 Å². The predicted octanol–water partition coefficient (Wildman–Crippen LogP) is 2.82. The maximum Gasteiger partial charge on any atom is 0.0417 e. The average Bonchev–Trinajstić information content (AvgIpc) is 2.25. The van der Waals surface area contributed by atoms with E-state index in [4.69, 9.17) is 0 Å². The van der Waals surface area contributed by atoms with Gasteiger partial charge in [0.2, 0.25) is 0 Å². The number of halogens is 1. The Morgan fingerprint density at radius 3 is 3.06 bits per heavy atom. The molecule has 0 radical (unpaired) electrons. The molecule has 1 heterocycles. The van der Waals surface area contributed by atoms with Gasteiger partial charge in [-0.05, 0) is 18.6 Å². The number of rotatable bonds is 7.